The Morgan fingerprint density at radius 3 is 1.52 bits per heavy atom. The number of ketones is 1. The van der Waals surface area contributed by atoms with E-state index in [9.17, 15) is 23.6 Å². The summed E-state index contributed by atoms with van der Waals surface area (Å²) in [7, 11) is 0. The molecule has 0 heterocycles. The molecule has 0 aliphatic carbocycles. The highest BCUT2D eigenvalue weighted by Gasteiger charge is 2.16. The van der Waals surface area contributed by atoms with Crippen LogP contribution >= 0.6 is 0 Å². The number of rotatable bonds is 7. The van der Waals surface area contributed by atoms with Gasteiger partial charge in [-0.05, 0) is 38.1 Å². The lowest BCUT2D eigenvalue weighted by Gasteiger charge is -2.10. The lowest BCUT2D eigenvalue weighted by molar-refractivity contribution is -0.138. The Bertz CT molecular complexity index is 827. The van der Waals surface area contributed by atoms with Gasteiger partial charge < -0.3 is 15.7 Å². The number of alkyl halides is 1. The number of benzene rings is 2. The average molecular weight is 402 g/mol. The topological polar surface area (TPSA) is 113 Å². The SMILES string of the molecule is CC(NC(=O)c1ccccc1)C(=O)CF.C[C@H](NC(=O)c1ccccc1)C(=O)O. The van der Waals surface area contributed by atoms with Gasteiger partial charge in [-0.25, -0.2) is 4.39 Å². The fourth-order valence-corrected chi connectivity index (χ4v) is 2.00. The van der Waals surface area contributed by atoms with Crippen LogP contribution in [0, 0.1) is 0 Å². The third kappa shape index (κ3) is 8.34. The third-order valence-corrected chi connectivity index (χ3v) is 3.75. The number of hydrogen-bond acceptors (Lipinski definition) is 4. The summed E-state index contributed by atoms with van der Waals surface area (Å²) in [6, 6.07) is 15.3. The zero-order chi connectivity index (χ0) is 21.8. The van der Waals surface area contributed by atoms with Gasteiger partial charge in [-0.3, -0.25) is 19.2 Å². The van der Waals surface area contributed by atoms with Gasteiger partial charge in [0, 0.05) is 11.1 Å². The molecular formula is C21H23FN2O5. The van der Waals surface area contributed by atoms with Gasteiger partial charge in [-0.15, -0.1) is 0 Å². The maximum Gasteiger partial charge on any atom is 0.325 e. The maximum absolute atomic E-state index is 12.0. The molecule has 0 aliphatic rings. The van der Waals surface area contributed by atoms with E-state index in [2.05, 4.69) is 10.6 Å². The van der Waals surface area contributed by atoms with E-state index in [1.807, 2.05) is 0 Å². The predicted octanol–water partition coefficient (Wildman–Crippen LogP) is 2.23. The Hall–Kier alpha value is -3.55. The fourth-order valence-electron chi connectivity index (χ4n) is 2.00. The van der Waals surface area contributed by atoms with Crippen molar-refractivity contribution in [1.29, 1.82) is 0 Å². The van der Waals surface area contributed by atoms with Crippen molar-refractivity contribution in [2.24, 2.45) is 0 Å². The zero-order valence-corrected chi connectivity index (χ0v) is 16.1. The van der Waals surface area contributed by atoms with Crippen LogP contribution in [0.15, 0.2) is 60.7 Å². The van der Waals surface area contributed by atoms with Gasteiger partial charge in [0.25, 0.3) is 11.8 Å². The molecule has 8 heteroatoms. The fraction of sp³-hybridized carbons (Fsp3) is 0.238. The second-order valence-corrected chi connectivity index (χ2v) is 6.06. The van der Waals surface area contributed by atoms with Crippen LogP contribution in [-0.4, -0.2) is 47.4 Å². The van der Waals surface area contributed by atoms with Crippen molar-refractivity contribution in [1.82, 2.24) is 10.6 Å². The molecule has 0 aromatic heterocycles. The van der Waals surface area contributed by atoms with Crippen molar-refractivity contribution < 1.29 is 28.7 Å². The zero-order valence-electron chi connectivity index (χ0n) is 16.1. The number of carboxylic acid groups (broad SMARTS) is 1. The van der Waals surface area contributed by atoms with E-state index in [-0.39, 0.29) is 11.8 Å². The first-order valence-electron chi connectivity index (χ1n) is 8.79. The summed E-state index contributed by atoms with van der Waals surface area (Å²) in [4.78, 5) is 44.2. The van der Waals surface area contributed by atoms with Crippen molar-refractivity contribution in [2.45, 2.75) is 25.9 Å². The van der Waals surface area contributed by atoms with Crippen molar-refractivity contribution in [2.75, 3.05) is 6.67 Å². The first kappa shape index (κ1) is 23.5. The van der Waals surface area contributed by atoms with Gasteiger partial charge in [0.2, 0.25) is 0 Å². The molecule has 154 valence electrons. The number of aliphatic carboxylic acids is 1. The lowest BCUT2D eigenvalue weighted by atomic mass is 10.2. The largest absolute Gasteiger partial charge is 0.480 e. The molecule has 7 nitrogen and oxygen atoms in total. The van der Waals surface area contributed by atoms with Crippen LogP contribution < -0.4 is 10.6 Å². The summed E-state index contributed by atoms with van der Waals surface area (Å²) in [6.07, 6.45) is 0. The number of amides is 2. The summed E-state index contributed by atoms with van der Waals surface area (Å²) >= 11 is 0. The minimum atomic E-state index is -1.06. The third-order valence-electron chi connectivity index (χ3n) is 3.75. The van der Waals surface area contributed by atoms with E-state index in [0.29, 0.717) is 11.1 Å². The number of carbonyl (C=O) groups excluding carboxylic acids is 3. The molecule has 2 rings (SSSR count). The normalized spacial score (nSPS) is 11.8. The van der Waals surface area contributed by atoms with Crippen LogP contribution in [0.2, 0.25) is 0 Å². The summed E-state index contributed by atoms with van der Waals surface area (Å²) in [5.41, 5.74) is 0.914. The number of Topliss-reactive ketones (excluding diaryl/α,β-unsaturated/α-hetero) is 1. The highest BCUT2D eigenvalue weighted by molar-refractivity contribution is 5.98. The first-order valence-corrected chi connectivity index (χ1v) is 8.79. The van der Waals surface area contributed by atoms with E-state index in [1.165, 1.54) is 13.8 Å². The van der Waals surface area contributed by atoms with E-state index in [0.717, 1.165) is 0 Å². The van der Waals surface area contributed by atoms with Gasteiger partial charge in [0.1, 0.15) is 12.7 Å². The van der Waals surface area contributed by atoms with Crippen molar-refractivity contribution >= 4 is 23.6 Å². The minimum absolute atomic E-state index is 0.370. The Kier molecular flexibility index (Phi) is 9.73. The molecule has 0 fully saturated rings. The number of hydrogen-bond donors (Lipinski definition) is 3. The molecular weight excluding hydrogens is 379 g/mol. The van der Waals surface area contributed by atoms with E-state index in [4.69, 9.17) is 5.11 Å². The monoisotopic (exact) mass is 402 g/mol. The van der Waals surface area contributed by atoms with Gasteiger partial charge in [0.05, 0.1) is 6.04 Å². The number of carbonyl (C=O) groups is 4. The molecule has 0 spiro atoms. The molecule has 2 aromatic rings. The Morgan fingerprint density at radius 1 is 0.793 bits per heavy atom. The molecule has 0 aliphatic heterocycles. The molecule has 1 unspecified atom stereocenters. The molecule has 0 bridgehead atoms. The van der Waals surface area contributed by atoms with E-state index < -0.39 is 30.5 Å². The quantitative estimate of drug-likeness (QED) is 0.657. The number of carboxylic acids is 1. The lowest BCUT2D eigenvalue weighted by Crippen LogP contribution is -2.39. The number of halogens is 1. The second kappa shape index (κ2) is 12.0. The van der Waals surface area contributed by atoms with Crippen LogP contribution in [0.5, 0.6) is 0 Å². The van der Waals surface area contributed by atoms with Crippen molar-refractivity contribution in [3.63, 3.8) is 0 Å². The molecule has 2 amide bonds. The Balaban J connectivity index is 0.000000291. The van der Waals surface area contributed by atoms with Crippen LogP contribution in [0.1, 0.15) is 34.6 Å². The van der Waals surface area contributed by atoms with Crippen LogP contribution in [-0.2, 0) is 9.59 Å². The second-order valence-electron chi connectivity index (χ2n) is 6.06. The van der Waals surface area contributed by atoms with Gasteiger partial charge >= 0.3 is 5.97 Å². The molecule has 0 saturated carbocycles. The Morgan fingerprint density at radius 2 is 1.17 bits per heavy atom. The molecule has 29 heavy (non-hydrogen) atoms. The summed E-state index contributed by atoms with van der Waals surface area (Å²) in [5, 5.41) is 13.3. The van der Waals surface area contributed by atoms with E-state index in [1.54, 1.807) is 60.7 Å². The summed E-state index contributed by atoms with van der Waals surface area (Å²) in [6.45, 7) is 1.82. The molecule has 2 aromatic carbocycles. The van der Waals surface area contributed by atoms with Crippen LogP contribution in [0.4, 0.5) is 4.39 Å². The minimum Gasteiger partial charge on any atom is -0.480 e. The van der Waals surface area contributed by atoms with Crippen molar-refractivity contribution in [3.8, 4) is 0 Å². The van der Waals surface area contributed by atoms with Crippen LogP contribution in [0.3, 0.4) is 0 Å². The molecule has 0 radical (unpaired) electrons. The molecule has 2 atom stereocenters. The average Bonchev–Trinajstić information content (AvgIpc) is 2.74. The van der Waals surface area contributed by atoms with Gasteiger partial charge in [-0.2, -0.15) is 0 Å². The van der Waals surface area contributed by atoms with E-state index >= 15 is 0 Å². The van der Waals surface area contributed by atoms with Gasteiger partial charge in [0.15, 0.2) is 5.78 Å². The van der Waals surface area contributed by atoms with Crippen molar-refractivity contribution in [3.05, 3.63) is 71.8 Å². The molecule has 3 N–H and O–H groups in total. The van der Waals surface area contributed by atoms with Gasteiger partial charge in [-0.1, -0.05) is 36.4 Å². The highest BCUT2D eigenvalue weighted by Crippen LogP contribution is 2.00. The smallest absolute Gasteiger partial charge is 0.325 e. The predicted molar refractivity (Wildman–Crippen MR) is 105 cm³/mol. The molecule has 0 saturated heterocycles. The Labute approximate surface area is 167 Å². The highest BCUT2D eigenvalue weighted by atomic mass is 19.1. The number of nitrogens with one attached hydrogen (secondary N) is 2. The van der Waals surface area contributed by atoms with Crippen LogP contribution in [0.25, 0.3) is 0 Å². The summed E-state index contributed by atoms with van der Waals surface area (Å²) < 4.78 is 12.0. The standard InChI is InChI=1S/C11H12FNO2.C10H11NO3/c1-8(10(14)7-12)13-11(15)9-5-3-2-4-6-9;1-7(10(13)14)11-9(12)8-5-3-2-4-6-8/h2-6,8H,7H2,1H3,(H,13,15);2-7H,1H3,(H,11,12)(H,13,14)/t;7-/m.0/s1. The first-order chi connectivity index (χ1) is 13.8. The summed E-state index contributed by atoms with van der Waals surface area (Å²) in [5.74, 6) is -2.42. The maximum atomic E-state index is 12.0.